The molecular weight excluding hydrogens is 319 g/mol. The van der Waals surface area contributed by atoms with Gasteiger partial charge in [-0.15, -0.1) is 0 Å². The van der Waals surface area contributed by atoms with Crippen LogP contribution >= 0.6 is 0 Å². The number of allylic oxidation sites excluding steroid dienone is 3. The second-order valence-corrected chi connectivity index (χ2v) is 5.44. The van der Waals surface area contributed by atoms with E-state index in [-0.39, 0.29) is 5.46 Å². The topological polar surface area (TPSA) is 21.6 Å². The monoisotopic (exact) mass is 339 g/mol. The van der Waals surface area contributed by atoms with Crippen LogP contribution in [0.15, 0.2) is 71.4 Å². The summed E-state index contributed by atoms with van der Waals surface area (Å²) in [6.07, 6.45) is 5.02. The van der Waals surface area contributed by atoms with E-state index in [0.717, 1.165) is 5.56 Å². The van der Waals surface area contributed by atoms with Gasteiger partial charge in [-0.05, 0) is 41.3 Å². The highest BCUT2D eigenvalue weighted by Crippen LogP contribution is 2.24. The predicted molar refractivity (Wildman–Crippen MR) is 103 cm³/mol. The van der Waals surface area contributed by atoms with Crippen molar-refractivity contribution < 1.29 is 13.4 Å². The van der Waals surface area contributed by atoms with Crippen LogP contribution < -0.4 is 5.46 Å². The minimum Gasteiger partial charge on any atom is -0.497 e. The molecule has 2 nitrogen and oxygen atoms in total. The second-order valence-electron chi connectivity index (χ2n) is 5.44. The molecule has 25 heavy (non-hydrogen) atoms. The molecule has 0 aromatic heterocycles. The van der Waals surface area contributed by atoms with E-state index < -0.39 is 7.27 Å². The largest absolute Gasteiger partial charge is 0.573 e. The maximum atomic E-state index is 13.9. The van der Waals surface area contributed by atoms with Gasteiger partial charge < -0.3 is 4.74 Å². The number of aliphatic imine (C=N–C) groups is 1. The van der Waals surface area contributed by atoms with Crippen LogP contribution in [-0.2, 0) is 4.74 Å². The van der Waals surface area contributed by atoms with Crippen LogP contribution in [0.2, 0.25) is 0 Å². The highest BCUT2D eigenvalue weighted by atomic mass is 19.2. The molecule has 0 aliphatic rings. The molecular formula is C20H20BF2NO. The maximum absolute atomic E-state index is 13.9. The minimum absolute atomic E-state index is 0.0297. The Kier molecular flexibility index (Phi) is 6.69. The van der Waals surface area contributed by atoms with Gasteiger partial charge in [0.1, 0.15) is 5.76 Å². The third-order valence-corrected chi connectivity index (χ3v) is 3.82. The molecule has 0 bridgehead atoms. The Bertz CT molecular complexity index is 799. The minimum atomic E-state index is -2.58. The first kappa shape index (κ1) is 18.7. The molecule has 5 heteroatoms. The zero-order chi connectivity index (χ0) is 18.2. The van der Waals surface area contributed by atoms with Crippen molar-refractivity contribution in [2.24, 2.45) is 4.99 Å². The summed E-state index contributed by atoms with van der Waals surface area (Å²) in [4.78, 5) is 3.87. The van der Waals surface area contributed by atoms with E-state index >= 15 is 0 Å². The Morgan fingerprint density at radius 2 is 1.80 bits per heavy atom. The van der Waals surface area contributed by atoms with Crippen molar-refractivity contribution in [3.05, 3.63) is 72.0 Å². The molecule has 2 aromatic rings. The van der Waals surface area contributed by atoms with Crippen molar-refractivity contribution in [2.75, 3.05) is 14.2 Å². The molecule has 0 spiro atoms. The highest BCUT2D eigenvalue weighted by Gasteiger charge is 2.25. The smallest absolute Gasteiger partial charge is 0.497 e. The van der Waals surface area contributed by atoms with Crippen molar-refractivity contribution in [3.8, 4) is 11.1 Å². The van der Waals surface area contributed by atoms with Crippen LogP contribution in [0.3, 0.4) is 0 Å². The summed E-state index contributed by atoms with van der Waals surface area (Å²) in [6.45, 7) is 1.80. The maximum Gasteiger partial charge on any atom is 0.573 e. The van der Waals surface area contributed by atoms with Gasteiger partial charge in [0.2, 0.25) is 0 Å². The van der Waals surface area contributed by atoms with Gasteiger partial charge in [0.15, 0.2) is 0 Å². The molecule has 2 aromatic carbocycles. The van der Waals surface area contributed by atoms with Gasteiger partial charge in [-0.3, -0.25) is 13.6 Å². The van der Waals surface area contributed by atoms with Gasteiger partial charge in [-0.1, -0.05) is 48.5 Å². The number of nitrogens with zero attached hydrogens (tertiary/aromatic N) is 1. The summed E-state index contributed by atoms with van der Waals surface area (Å²) in [5.41, 5.74) is 2.55. The third-order valence-electron chi connectivity index (χ3n) is 3.82. The molecule has 0 heterocycles. The lowest BCUT2D eigenvalue weighted by Crippen LogP contribution is -2.27. The van der Waals surface area contributed by atoms with Crippen LogP contribution in [-0.4, -0.2) is 27.6 Å². The number of rotatable bonds is 6. The molecule has 0 saturated carbocycles. The zero-order valence-corrected chi connectivity index (χ0v) is 14.5. The Hall–Kier alpha value is -2.69. The van der Waals surface area contributed by atoms with E-state index in [4.69, 9.17) is 4.74 Å². The average molecular weight is 339 g/mol. The number of ether oxygens (including phenoxy) is 1. The lowest BCUT2D eigenvalue weighted by atomic mass is 9.75. The van der Waals surface area contributed by atoms with E-state index in [2.05, 4.69) is 4.99 Å². The van der Waals surface area contributed by atoms with Gasteiger partial charge in [0, 0.05) is 18.7 Å². The summed E-state index contributed by atoms with van der Waals surface area (Å²) in [5, 5.41) is 0. The second kappa shape index (κ2) is 8.97. The predicted octanol–water partition coefficient (Wildman–Crippen LogP) is 4.62. The Labute approximate surface area is 147 Å². The van der Waals surface area contributed by atoms with Crippen molar-refractivity contribution in [1.29, 1.82) is 0 Å². The van der Waals surface area contributed by atoms with Crippen molar-refractivity contribution in [3.63, 3.8) is 0 Å². The molecule has 0 amide bonds. The SMILES string of the molecule is CN=C/C=C(\C=C(/C)c1cccc(-c2ccccc2)c1B(F)F)OC. The van der Waals surface area contributed by atoms with Gasteiger partial charge in [0.05, 0.1) is 7.11 Å². The van der Waals surface area contributed by atoms with Crippen LogP contribution in [0.25, 0.3) is 16.7 Å². The summed E-state index contributed by atoms with van der Waals surface area (Å²) < 4.78 is 33.0. The van der Waals surface area contributed by atoms with Crippen molar-refractivity contribution in [2.45, 2.75) is 6.92 Å². The zero-order valence-electron chi connectivity index (χ0n) is 14.5. The lowest BCUT2D eigenvalue weighted by Gasteiger charge is -2.14. The number of methoxy groups -OCH3 is 1. The summed E-state index contributed by atoms with van der Waals surface area (Å²) in [6, 6.07) is 14.5. The molecule has 0 radical (unpaired) electrons. The molecule has 0 atom stereocenters. The van der Waals surface area contributed by atoms with Gasteiger partial charge >= 0.3 is 7.27 Å². The summed E-state index contributed by atoms with van der Waals surface area (Å²) >= 11 is 0. The quantitative estimate of drug-likeness (QED) is 0.326. The normalized spacial score (nSPS) is 12.5. The van der Waals surface area contributed by atoms with Gasteiger partial charge in [-0.25, -0.2) is 0 Å². The Morgan fingerprint density at radius 3 is 2.40 bits per heavy atom. The van der Waals surface area contributed by atoms with E-state index in [0.29, 0.717) is 22.5 Å². The Balaban J connectivity index is 2.58. The van der Waals surface area contributed by atoms with E-state index in [1.807, 2.05) is 30.3 Å². The molecule has 0 aliphatic carbocycles. The molecule has 0 unspecified atom stereocenters. The fourth-order valence-corrected chi connectivity index (χ4v) is 2.63. The fraction of sp³-hybridized carbons (Fsp3) is 0.150. The molecule has 0 saturated heterocycles. The van der Waals surface area contributed by atoms with E-state index in [1.165, 1.54) is 7.11 Å². The van der Waals surface area contributed by atoms with E-state index in [9.17, 15) is 8.63 Å². The molecule has 128 valence electrons. The number of benzene rings is 2. The first-order valence-electron chi connectivity index (χ1n) is 7.90. The summed E-state index contributed by atoms with van der Waals surface area (Å²) in [7, 11) is 0.605. The van der Waals surface area contributed by atoms with Gasteiger partial charge in [0.25, 0.3) is 0 Å². The molecule has 2 rings (SSSR count). The standard InChI is InChI=1S/C20H20BF2NO/c1-15(14-17(25-3)12-13-24-2)18-10-7-11-19(20(18)21(22)23)16-8-5-4-6-9-16/h4-14H,1-3H3/b15-14+,17-12+,24-13?. The molecule has 0 N–H and O–H groups in total. The average Bonchev–Trinajstić information content (AvgIpc) is 2.64. The van der Waals surface area contributed by atoms with Crippen LogP contribution in [0, 0.1) is 0 Å². The molecule has 0 fully saturated rings. The number of halogens is 2. The number of hydrogen-bond donors (Lipinski definition) is 0. The van der Waals surface area contributed by atoms with Crippen molar-refractivity contribution >= 4 is 24.5 Å². The Morgan fingerprint density at radius 1 is 1.08 bits per heavy atom. The first-order valence-corrected chi connectivity index (χ1v) is 7.90. The fourth-order valence-electron chi connectivity index (χ4n) is 2.63. The van der Waals surface area contributed by atoms with Crippen LogP contribution in [0.5, 0.6) is 0 Å². The highest BCUT2D eigenvalue weighted by molar-refractivity contribution is 6.63. The lowest BCUT2D eigenvalue weighted by molar-refractivity contribution is 0.308. The van der Waals surface area contributed by atoms with Crippen LogP contribution in [0.1, 0.15) is 12.5 Å². The van der Waals surface area contributed by atoms with Crippen molar-refractivity contribution in [1.82, 2.24) is 0 Å². The molecule has 0 aliphatic heterocycles. The first-order chi connectivity index (χ1) is 12.1. The summed E-state index contributed by atoms with van der Waals surface area (Å²) in [5.74, 6) is 0.549. The third kappa shape index (κ3) is 4.66. The van der Waals surface area contributed by atoms with E-state index in [1.54, 1.807) is 50.5 Å². The number of hydrogen-bond acceptors (Lipinski definition) is 2. The van der Waals surface area contributed by atoms with Crippen LogP contribution in [0.4, 0.5) is 8.63 Å². The van der Waals surface area contributed by atoms with Gasteiger partial charge in [-0.2, -0.15) is 0 Å².